The summed E-state index contributed by atoms with van der Waals surface area (Å²) in [7, 11) is 1.00. The standard InChI is InChI=1S/C21H22N2O3S.C2H6.CH4O/c1-13(2)16-10-17(18-4-3-9-27-18)23-21(19(16)20(22)25)26-12-15-7-5-14(11-24)6-8-15;2*1-2/h3-11,13,21,23H,12H2,1-2H3,(H2,22,25);1-2H3;2H,1H3. The van der Waals surface area contributed by atoms with Gasteiger partial charge in [0.05, 0.1) is 22.8 Å². The van der Waals surface area contributed by atoms with Crippen molar-refractivity contribution in [2.24, 2.45) is 11.7 Å². The fourth-order valence-corrected chi connectivity index (χ4v) is 3.67. The molecule has 1 aliphatic rings. The van der Waals surface area contributed by atoms with E-state index in [0.717, 1.165) is 35.1 Å². The zero-order valence-electron chi connectivity index (χ0n) is 18.7. The van der Waals surface area contributed by atoms with E-state index in [2.05, 4.69) is 5.32 Å². The molecule has 1 aromatic carbocycles. The number of allylic oxidation sites excluding steroid dienone is 2. The lowest BCUT2D eigenvalue weighted by molar-refractivity contribution is -0.116. The van der Waals surface area contributed by atoms with E-state index < -0.39 is 12.1 Å². The van der Waals surface area contributed by atoms with Crippen LogP contribution in [-0.2, 0) is 16.1 Å². The van der Waals surface area contributed by atoms with Crippen molar-refractivity contribution in [2.75, 3.05) is 7.11 Å². The molecule has 1 aliphatic heterocycles. The maximum atomic E-state index is 12.1. The van der Waals surface area contributed by atoms with Gasteiger partial charge in [0.15, 0.2) is 6.23 Å². The molecule has 0 saturated heterocycles. The molecule has 3 rings (SSSR count). The lowest BCUT2D eigenvalue weighted by Gasteiger charge is -2.30. The number of carbonyl (C=O) groups is 2. The van der Waals surface area contributed by atoms with E-state index in [0.29, 0.717) is 11.1 Å². The molecular weight excluding hydrogens is 412 g/mol. The third-order valence-electron chi connectivity index (χ3n) is 4.37. The van der Waals surface area contributed by atoms with E-state index in [1.54, 1.807) is 23.5 Å². The van der Waals surface area contributed by atoms with Gasteiger partial charge in [-0.3, -0.25) is 9.59 Å². The summed E-state index contributed by atoms with van der Waals surface area (Å²) >= 11 is 1.62. The van der Waals surface area contributed by atoms with Crippen molar-refractivity contribution >= 4 is 29.2 Å². The number of nitrogens with two attached hydrogens (primary N) is 1. The first-order valence-corrected chi connectivity index (χ1v) is 11.0. The summed E-state index contributed by atoms with van der Waals surface area (Å²) in [4.78, 5) is 24.0. The summed E-state index contributed by atoms with van der Waals surface area (Å²) in [5.41, 5.74) is 9.44. The largest absolute Gasteiger partial charge is 0.400 e. The van der Waals surface area contributed by atoms with Gasteiger partial charge in [-0.05, 0) is 34.6 Å². The Labute approximate surface area is 188 Å². The quantitative estimate of drug-likeness (QED) is 0.558. The number of primary amides is 1. The monoisotopic (exact) mass is 444 g/mol. The van der Waals surface area contributed by atoms with E-state index in [4.69, 9.17) is 15.6 Å². The molecule has 0 radical (unpaired) electrons. The van der Waals surface area contributed by atoms with Crippen LogP contribution in [0.25, 0.3) is 5.70 Å². The minimum absolute atomic E-state index is 0.127. The number of hydrogen-bond acceptors (Lipinski definition) is 6. The van der Waals surface area contributed by atoms with Gasteiger partial charge in [-0.25, -0.2) is 0 Å². The molecule has 31 heavy (non-hydrogen) atoms. The number of aliphatic hydroxyl groups excluding tert-OH is 1. The summed E-state index contributed by atoms with van der Waals surface area (Å²) in [5.74, 6) is -0.364. The highest BCUT2D eigenvalue weighted by Gasteiger charge is 2.29. The SMILES string of the molecule is CC.CC(C)C1=C(C(N)=O)C(OCc2ccc(C=O)cc2)NC(c2cccs2)=C1.CO. The number of carbonyl (C=O) groups excluding carboxylic acids is 2. The molecule has 2 heterocycles. The van der Waals surface area contributed by atoms with Crippen molar-refractivity contribution in [1.29, 1.82) is 0 Å². The molecule has 1 amide bonds. The molecule has 0 saturated carbocycles. The molecule has 0 spiro atoms. The Kier molecular flexibility index (Phi) is 11.5. The first-order valence-electron chi connectivity index (χ1n) is 10.2. The fourth-order valence-electron chi connectivity index (χ4n) is 2.96. The van der Waals surface area contributed by atoms with Gasteiger partial charge in [-0.15, -0.1) is 11.3 Å². The second kappa shape index (κ2) is 13.5. The smallest absolute Gasteiger partial charge is 0.249 e. The summed E-state index contributed by atoms with van der Waals surface area (Å²) in [6, 6.07) is 11.1. The maximum Gasteiger partial charge on any atom is 0.249 e. The molecule has 0 aliphatic carbocycles. The van der Waals surface area contributed by atoms with Crippen molar-refractivity contribution in [1.82, 2.24) is 5.32 Å². The van der Waals surface area contributed by atoms with Gasteiger partial charge in [-0.1, -0.05) is 58.0 Å². The molecular formula is C24H32N2O4S. The van der Waals surface area contributed by atoms with Gasteiger partial charge >= 0.3 is 0 Å². The second-order valence-corrected chi connectivity index (χ2v) is 7.57. The summed E-state index contributed by atoms with van der Waals surface area (Å²) in [6.07, 6.45) is 2.15. The Balaban J connectivity index is 0.00000113. The molecule has 1 unspecified atom stereocenters. The van der Waals surface area contributed by atoms with Crippen molar-refractivity contribution in [2.45, 2.75) is 40.5 Å². The van der Waals surface area contributed by atoms with E-state index >= 15 is 0 Å². The van der Waals surface area contributed by atoms with Crippen LogP contribution in [0.2, 0.25) is 0 Å². The number of amides is 1. The van der Waals surface area contributed by atoms with Crippen LogP contribution in [0.4, 0.5) is 0 Å². The molecule has 0 fully saturated rings. The molecule has 6 nitrogen and oxygen atoms in total. The first-order chi connectivity index (χ1) is 15.0. The predicted octanol–water partition coefficient (Wildman–Crippen LogP) is 4.12. The minimum Gasteiger partial charge on any atom is -0.400 e. The molecule has 7 heteroatoms. The van der Waals surface area contributed by atoms with E-state index in [9.17, 15) is 9.59 Å². The van der Waals surface area contributed by atoms with E-state index in [1.807, 2.05) is 63.4 Å². The second-order valence-electron chi connectivity index (χ2n) is 6.62. The predicted molar refractivity (Wildman–Crippen MR) is 126 cm³/mol. The fraction of sp³-hybridized carbons (Fsp3) is 0.333. The van der Waals surface area contributed by atoms with Crippen LogP contribution < -0.4 is 11.1 Å². The van der Waals surface area contributed by atoms with Crippen molar-refractivity contribution in [3.05, 3.63) is 75.0 Å². The Morgan fingerprint density at radius 1 is 1.23 bits per heavy atom. The highest BCUT2D eigenvalue weighted by Crippen LogP contribution is 2.31. The third-order valence-corrected chi connectivity index (χ3v) is 5.27. The number of aldehydes is 1. The Morgan fingerprint density at radius 2 is 1.87 bits per heavy atom. The first kappa shape index (κ1) is 26.3. The van der Waals surface area contributed by atoms with Crippen molar-refractivity contribution in [3.63, 3.8) is 0 Å². The molecule has 4 N–H and O–H groups in total. The maximum absolute atomic E-state index is 12.1. The number of ether oxygens (including phenoxy) is 1. The number of nitrogens with one attached hydrogen (secondary N) is 1. The van der Waals surface area contributed by atoms with Crippen molar-refractivity contribution < 1.29 is 19.4 Å². The van der Waals surface area contributed by atoms with Crippen LogP contribution in [0.15, 0.2) is 59.0 Å². The molecule has 1 atom stereocenters. The van der Waals surface area contributed by atoms with Gasteiger partial charge in [0, 0.05) is 12.7 Å². The summed E-state index contributed by atoms with van der Waals surface area (Å²) in [6.45, 7) is 8.35. The summed E-state index contributed by atoms with van der Waals surface area (Å²) < 4.78 is 6.03. The average Bonchev–Trinajstić information content (AvgIpc) is 3.35. The minimum atomic E-state index is -0.632. The Bertz CT molecular complexity index is 885. The Hall–Kier alpha value is -2.74. The van der Waals surface area contributed by atoms with Gasteiger partial charge < -0.3 is 20.9 Å². The number of aliphatic hydroxyl groups is 1. The van der Waals surface area contributed by atoms with E-state index in [1.165, 1.54) is 0 Å². The van der Waals surface area contributed by atoms with Crippen LogP contribution in [0.5, 0.6) is 0 Å². The average molecular weight is 445 g/mol. The number of benzene rings is 1. The normalized spacial score (nSPS) is 15.1. The zero-order valence-corrected chi connectivity index (χ0v) is 19.5. The van der Waals surface area contributed by atoms with E-state index in [-0.39, 0.29) is 12.5 Å². The number of thiophene rings is 1. The summed E-state index contributed by atoms with van der Waals surface area (Å²) in [5, 5.41) is 12.3. The lowest BCUT2D eigenvalue weighted by Crippen LogP contribution is -2.41. The molecule has 0 bridgehead atoms. The zero-order chi connectivity index (χ0) is 23.4. The molecule has 1 aromatic heterocycles. The number of dihydropyridines is 1. The van der Waals surface area contributed by atoms with Crippen LogP contribution >= 0.6 is 11.3 Å². The topological polar surface area (TPSA) is 102 Å². The highest BCUT2D eigenvalue weighted by atomic mass is 32.1. The highest BCUT2D eigenvalue weighted by molar-refractivity contribution is 7.11. The lowest BCUT2D eigenvalue weighted by atomic mass is 9.92. The van der Waals surface area contributed by atoms with Gasteiger partial charge in [-0.2, -0.15) is 0 Å². The number of rotatable bonds is 7. The molecule has 168 valence electrons. The Morgan fingerprint density at radius 3 is 2.35 bits per heavy atom. The number of hydrogen-bond donors (Lipinski definition) is 3. The van der Waals surface area contributed by atoms with Crippen LogP contribution in [0.1, 0.15) is 48.5 Å². The van der Waals surface area contributed by atoms with Crippen LogP contribution in [0.3, 0.4) is 0 Å². The van der Waals surface area contributed by atoms with Crippen LogP contribution in [0, 0.1) is 5.92 Å². The molecule has 2 aromatic rings. The van der Waals surface area contributed by atoms with Crippen molar-refractivity contribution in [3.8, 4) is 0 Å². The van der Waals surface area contributed by atoms with Crippen LogP contribution in [-0.4, -0.2) is 30.6 Å². The third kappa shape index (κ3) is 7.17. The van der Waals surface area contributed by atoms with Gasteiger partial charge in [0.25, 0.3) is 0 Å². The van der Waals surface area contributed by atoms with Gasteiger partial charge in [0.1, 0.15) is 6.29 Å². The van der Waals surface area contributed by atoms with Gasteiger partial charge in [0.2, 0.25) is 5.91 Å².